The maximum absolute atomic E-state index is 11.3. The van der Waals surface area contributed by atoms with Gasteiger partial charge >= 0.3 is 5.97 Å². The first-order valence-corrected chi connectivity index (χ1v) is 7.39. The smallest absolute Gasteiger partial charge is 0.331 e. The monoisotopic (exact) mass is 266 g/mol. The zero-order valence-electron chi connectivity index (χ0n) is 13.5. The Morgan fingerprint density at radius 3 is 2.26 bits per heavy atom. The molecule has 0 N–H and O–H groups in total. The third-order valence-electron chi connectivity index (χ3n) is 3.31. The Kier molecular flexibility index (Phi) is 9.28. The van der Waals surface area contributed by atoms with Crippen LogP contribution in [0.1, 0.15) is 60.8 Å². The second-order valence-corrected chi connectivity index (χ2v) is 5.78. The van der Waals surface area contributed by atoms with Crippen LogP contribution in [0.3, 0.4) is 0 Å². The quantitative estimate of drug-likeness (QED) is 0.354. The molecule has 1 unspecified atom stereocenters. The van der Waals surface area contributed by atoms with Crippen LogP contribution in [0, 0.1) is 11.8 Å². The number of allylic oxidation sites excluding steroid dienone is 3. The SMILES string of the molecule is CCOC(=O)/C=C(C)/C(C)=C/CC(C)CCC(C)C. The van der Waals surface area contributed by atoms with Crippen LogP contribution < -0.4 is 0 Å². The summed E-state index contributed by atoms with van der Waals surface area (Å²) in [6.07, 6.45) is 7.44. The minimum absolute atomic E-state index is 0.249. The van der Waals surface area contributed by atoms with Crippen molar-refractivity contribution >= 4 is 5.97 Å². The van der Waals surface area contributed by atoms with E-state index in [-0.39, 0.29) is 5.97 Å². The predicted octanol–water partition coefficient (Wildman–Crippen LogP) is 4.90. The molecule has 0 aromatic rings. The van der Waals surface area contributed by atoms with Gasteiger partial charge in [-0.05, 0) is 44.6 Å². The van der Waals surface area contributed by atoms with E-state index in [9.17, 15) is 4.79 Å². The Labute approximate surface area is 118 Å². The minimum atomic E-state index is -0.249. The lowest BCUT2D eigenvalue weighted by Crippen LogP contribution is -2.01. The number of carbonyl (C=O) groups excluding carboxylic acids is 1. The fourth-order valence-electron chi connectivity index (χ4n) is 1.75. The van der Waals surface area contributed by atoms with Crippen molar-refractivity contribution in [2.45, 2.75) is 60.8 Å². The highest BCUT2D eigenvalue weighted by Gasteiger charge is 2.04. The molecule has 0 amide bonds. The van der Waals surface area contributed by atoms with Crippen molar-refractivity contribution < 1.29 is 9.53 Å². The highest BCUT2D eigenvalue weighted by atomic mass is 16.5. The first-order valence-electron chi connectivity index (χ1n) is 7.39. The Morgan fingerprint density at radius 2 is 1.74 bits per heavy atom. The average Bonchev–Trinajstić information content (AvgIpc) is 2.33. The van der Waals surface area contributed by atoms with Crippen molar-refractivity contribution in [2.24, 2.45) is 11.8 Å². The van der Waals surface area contributed by atoms with Crippen molar-refractivity contribution in [3.63, 3.8) is 0 Å². The van der Waals surface area contributed by atoms with Gasteiger partial charge in [0.1, 0.15) is 0 Å². The predicted molar refractivity (Wildman–Crippen MR) is 82.0 cm³/mol. The molecule has 0 bridgehead atoms. The lowest BCUT2D eigenvalue weighted by molar-refractivity contribution is -0.137. The fourth-order valence-corrected chi connectivity index (χ4v) is 1.75. The molecule has 0 saturated heterocycles. The maximum Gasteiger partial charge on any atom is 0.331 e. The molecule has 0 radical (unpaired) electrons. The summed E-state index contributed by atoms with van der Waals surface area (Å²) in [5.41, 5.74) is 2.17. The highest BCUT2D eigenvalue weighted by molar-refractivity contribution is 5.83. The summed E-state index contributed by atoms with van der Waals surface area (Å²) in [4.78, 5) is 11.3. The van der Waals surface area contributed by atoms with Crippen LogP contribution in [0.2, 0.25) is 0 Å². The lowest BCUT2D eigenvalue weighted by Gasteiger charge is -2.11. The molecule has 0 aliphatic carbocycles. The van der Waals surface area contributed by atoms with Crippen molar-refractivity contribution in [1.82, 2.24) is 0 Å². The largest absolute Gasteiger partial charge is 0.463 e. The first-order chi connectivity index (χ1) is 8.86. The van der Waals surface area contributed by atoms with Crippen LogP contribution in [0.15, 0.2) is 23.3 Å². The molecule has 2 nitrogen and oxygen atoms in total. The third kappa shape index (κ3) is 9.52. The van der Waals surface area contributed by atoms with E-state index in [2.05, 4.69) is 33.8 Å². The van der Waals surface area contributed by atoms with Gasteiger partial charge in [0.25, 0.3) is 0 Å². The van der Waals surface area contributed by atoms with Crippen LogP contribution in [-0.4, -0.2) is 12.6 Å². The first kappa shape index (κ1) is 17.9. The van der Waals surface area contributed by atoms with Crippen LogP contribution in [0.4, 0.5) is 0 Å². The Bertz CT molecular complexity index is 324. The molecule has 0 spiro atoms. The molecule has 0 fully saturated rings. The zero-order chi connectivity index (χ0) is 14.8. The summed E-state index contributed by atoms with van der Waals surface area (Å²) in [5.74, 6) is 1.23. The molecular weight excluding hydrogens is 236 g/mol. The molecule has 0 saturated carbocycles. The normalized spacial score (nSPS) is 14.7. The van der Waals surface area contributed by atoms with Crippen LogP contribution in [0.25, 0.3) is 0 Å². The summed E-state index contributed by atoms with van der Waals surface area (Å²) in [6, 6.07) is 0. The molecule has 0 rings (SSSR count). The number of carbonyl (C=O) groups is 1. The number of hydrogen-bond acceptors (Lipinski definition) is 2. The van der Waals surface area contributed by atoms with E-state index in [0.29, 0.717) is 12.5 Å². The van der Waals surface area contributed by atoms with Gasteiger partial charge in [0, 0.05) is 6.08 Å². The van der Waals surface area contributed by atoms with E-state index in [1.165, 1.54) is 18.4 Å². The summed E-state index contributed by atoms with van der Waals surface area (Å²) in [6.45, 7) is 13.1. The molecule has 110 valence electrons. The fraction of sp³-hybridized carbons (Fsp3) is 0.706. The lowest BCUT2D eigenvalue weighted by atomic mass is 9.95. The number of ether oxygens (including phenoxy) is 1. The Balaban J connectivity index is 4.28. The molecule has 0 aliphatic rings. The molecule has 1 atom stereocenters. The van der Waals surface area contributed by atoms with E-state index < -0.39 is 0 Å². The van der Waals surface area contributed by atoms with E-state index in [1.807, 2.05) is 13.8 Å². The van der Waals surface area contributed by atoms with Gasteiger partial charge in [-0.2, -0.15) is 0 Å². The number of rotatable bonds is 8. The standard InChI is InChI=1S/C17H30O2/c1-7-19-17(18)12-16(6)15(5)11-10-14(4)9-8-13(2)3/h11-14H,7-10H2,1-6H3/b15-11+,16-12+. The van der Waals surface area contributed by atoms with E-state index in [1.54, 1.807) is 6.08 Å². The van der Waals surface area contributed by atoms with Crippen molar-refractivity contribution in [2.75, 3.05) is 6.61 Å². The van der Waals surface area contributed by atoms with Gasteiger partial charge in [-0.1, -0.05) is 45.3 Å². The summed E-state index contributed by atoms with van der Waals surface area (Å²) in [7, 11) is 0. The Hall–Kier alpha value is -1.05. The molecule has 0 aliphatic heterocycles. The van der Waals surface area contributed by atoms with Gasteiger partial charge in [0.2, 0.25) is 0 Å². The second-order valence-electron chi connectivity index (χ2n) is 5.78. The third-order valence-corrected chi connectivity index (χ3v) is 3.31. The van der Waals surface area contributed by atoms with Crippen molar-refractivity contribution in [1.29, 1.82) is 0 Å². The topological polar surface area (TPSA) is 26.3 Å². The molecule has 0 heterocycles. The maximum atomic E-state index is 11.3. The number of esters is 1. The van der Waals surface area contributed by atoms with E-state index >= 15 is 0 Å². The van der Waals surface area contributed by atoms with Gasteiger partial charge in [0.15, 0.2) is 0 Å². The second kappa shape index (κ2) is 9.82. The van der Waals surface area contributed by atoms with Crippen LogP contribution in [-0.2, 0) is 9.53 Å². The van der Waals surface area contributed by atoms with E-state index in [4.69, 9.17) is 4.74 Å². The minimum Gasteiger partial charge on any atom is -0.463 e. The Morgan fingerprint density at radius 1 is 1.11 bits per heavy atom. The van der Waals surface area contributed by atoms with Gasteiger partial charge in [-0.15, -0.1) is 0 Å². The summed E-state index contributed by atoms with van der Waals surface area (Å²) >= 11 is 0. The van der Waals surface area contributed by atoms with Gasteiger partial charge in [-0.3, -0.25) is 0 Å². The van der Waals surface area contributed by atoms with Gasteiger partial charge in [0.05, 0.1) is 6.61 Å². The zero-order valence-corrected chi connectivity index (χ0v) is 13.5. The highest BCUT2D eigenvalue weighted by Crippen LogP contribution is 2.18. The molecule has 19 heavy (non-hydrogen) atoms. The molecule has 2 heteroatoms. The van der Waals surface area contributed by atoms with Crippen LogP contribution in [0.5, 0.6) is 0 Å². The number of hydrogen-bond donors (Lipinski definition) is 0. The summed E-state index contributed by atoms with van der Waals surface area (Å²) in [5, 5.41) is 0. The van der Waals surface area contributed by atoms with Crippen LogP contribution >= 0.6 is 0 Å². The molecule has 0 aromatic heterocycles. The van der Waals surface area contributed by atoms with Gasteiger partial charge < -0.3 is 4.74 Å². The van der Waals surface area contributed by atoms with Crippen molar-refractivity contribution in [3.8, 4) is 0 Å². The van der Waals surface area contributed by atoms with E-state index in [0.717, 1.165) is 17.9 Å². The molecule has 0 aromatic carbocycles. The molecular formula is C17H30O2. The summed E-state index contributed by atoms with van der Waals surface area (Å²) < 4.78 is 4.91. The van der Waals surface area contributed by atoms with Crippen molar-refractivity contribution in [3.05, 3.63) is 23.3 Å². The van der Waals surface area contributed by atoms with Gasteiger partial charge in [-0.25, -0.2) is 4.79 Å². The average molecular weight is 266 g/mol.